The molecule has 0 spiro atoms. The first-order valence-electron chi connectivity index (χ1n) is 9.77. The van der Waals surface area contributed by atoms with Gasteiger partial charge in [-0.05, 0) is 31.4 Å². The van der Waals surface area contributed by atoms with Crippen LogP contribution in [-0.2, 0) is 27.3 Å². The van der Waals surface area contributed by atoms with Crippen LogP contribution in [0.1, 0.15) is 41.7 Å². The van der Waals surface area contributed by atoms with Crippen molar-refractivity contribution < 1.29 is 14.3 Å². The summed E-state index contributed by atoms with van der Waals surface area (Å²) in [7, 11) is 0. The van der Waals surface area contributed by atoms with Gasteiger partial charge >= 0.3 is 0 Å². The molecule has 2 aromatic rings. The van der Waals surface area contributed by atoms with Crippen LogP contribution >= 0.6 is 0 Å². The Hall–Kier alpha value is -2.74. The number of fused-ring (bicyclic) bond motifs is 1. The van der Waals surface area contributed by atoms with Crippen molar-refractivity contribution >= 4 is 11.8 Å². The molecule has 1 aliphatic carbocycles. The van der Waals surface area contributed by atoms with Gasteiger partial charge in [0.15, 0.2) is 6.10 Å². The molecule has 146 valence electrons. The summed E-state index contributed by atoms with van der Waals surface area (Å²) in [5, 5.41) is 0. The van der Waals surface area contributed by atoms with Crippen LogP contribution in [-0.4, -0.2) is 61.9 Å². The van der Waals surface area contributed by atoms with E-state index in [2.05, 4.69) is 15.0 Å². The molecule has 0 bridgehead atoms. The zero-order chi connectivity index (χ0) is 19.3. The van der Waals surface area contributed by atoms with Gasteiger partial charge < -0.3 is 19.5 Å². The van der Waals surface area contributed by atoms with Crippen LogP contribution < -0.4 is 0 Å². The van der Waals surface area contributed by atoms with E-state index >= 15 is 0 Å². The van der Waals surface area contributed by atoms with E-state index in [4.69, 9.17) is 4.74 Å². The van der Waals surface area contributed by atoms with Gasteiger partial charge in [-0.3, -0.25) is 14.6 Å². The molecule has 28 heavy (non-hydrogen) atoms. The van der Waals surface area contributed by atoms with E-state index in [1.54, 1.807) is 12.4 Å². The van der Waals surface area contributed by atoms with Gasteiger partial charge in [-0.1, -0.05) is 6.07 Å². The maximum absolute atomic E-state index is 13.5. The molecule has 4 heterocycles. The summed E-state index contributed by atoms with van der Waals surface area (Å²) in [6.45, 7) is 2.97. The average Bonchev–Trinajstić information content (AvgIpc) is 3.47. The molecule has 2 atom stereocenters. The van der Waals surface area contributed by atoms with Crippen molar-refractivity contribution in [3.63, 3.8) is 0 Å². The van der Waals surface area contributed by atoms with Gasteiger partial charge in [0.1, 0.15) is 12.4 Å². The number of aromatic amines is 1. The lowest BCUT2D eigenvalue weighted by molar-refractivity contribution is -0.170. The minimum absolute atomic E-state index is 0.0497. The standard InChI is InChI=1S/C20H23N5O3/c1-12-22-15-6-8-24(10-16(15)23-12)20(27)19-18(13-3-2-7-21-9-13)25(14-4-5-14)17(26)11-28-19/h2-3,7,9,14,18-19H,4-6,8,10-11H2,1H3,(H,22,23)/t18-,19+/m1/s1. The van der Waals surface area contributed by atoms with Gasteiger partial charge in [-0.25, -0.2) is 4.98 Å². The molecule has 0 unspecified atom stereocenters. The lowest BCUT2D eigenvalue weighted by Gasteiger charge is -2.42. The van der Waals surface area contributed by atoms with E-state index < -0.39 is 12.1 Å². The Kier molecular flexibility index (Phi) is 4.16. The zero-order valence-corrected chi connectivity index (χ0v) is 15.8. The highest BCUT2D eigenvalue weighted by atomic mass is 16.5. The Morgan fingerprint density at radius 2 is 2.21 bits per heavy atom. The van der Waals surface area contributed by atoms with Gasteiger partial charge in [0.25, 0.3) is 5.91 Å². The fourth-order valence-corrected chi connectivity index (χ4v) is 4.31. The molecular weight excluding hydrogens is 358 g/mol. The third-order valence-electron chi connectivity index (χ3n) is 5.73. The Bertz CT molecular complexity index is 908. The number of rotatable bonds is 3. The highest BCUT2D eigenvalue weighted by molar-refractivity contribution is 5.87. The number of amides is 2. The molecule has 3 aliphatic rings. The van der Waals surface area contributed by atoms with Crippen molar-refractivity contribution in [2.24, 2.45) is 0 Å². The second-order valence-electron chi connectivity index (χ2n) is 7.75. The second-order valence-corrected chi connectivity index (χ2v) is 7.75. The van der Waals surface area contributed by atoms with Crippen LogP contribution in [0.15, 0.2) is 24.5 Å². The lowest BCUT2D eigenvalue weighted by Crippen LogP contribution is -2.56. The van der Waals surface area contributed by atoms with Crippen molar-refractivity contribution in [2.45, 2.75) is 50.9 Å². The molecule has 2 aliphatic heterocycles. The largest absolute Gasteiger partial charge is 0.356 e. The summed E-state index contributed by atoms with van der Waals surface area (Å²) in [5.41, 5.74) is 2.86. The number of aromatic nitrogens is 3. The molecule has 8 heteroatoms. The molecule has 2 amide bonds. The van der Waals surface area contributed by atoms with E-state index in [1.807, 2.05) is 28.9 Å². The fourth-order valence-electron chi connectivity index (χ4n) is 4.31. The SMILES string of the molecule is Cc1nc2c([nH]1)CN(C(=O)[C@H]1OCC(=O)N(C3CC3)[C@@H]1c1cccnc1)CC2. The molecule has 1 saturated heterocycles. The molecule has 2 fully saturated rings. The maximum atomic E-state index is 13.5. The number of hydrogen-bond donors (Lipinski definition) is 1. The third kappa shape index (κ3) is 2.97. The molecule has 0 aromatic carbocycles. The lowest BCUT2D eigenvalue weighted by atomic mass is 9.97. The zero-order valence-electron chi connectivity index (χ0n) is 15.8. The van der Waals surface area contributed by atoms with Crippen molar-refractivity contribution in [2.75, 3.05) is 13.2 Å². The van der Waals surface area contributed by atoms with Crippen LogP contribution in [0.5, 0.6) is 0 Å². The van der Waals surface area contributed by atoms with Crippen LogP contribution in [0.3, 0.4) is 0 Å². The number of imidazole rings is 1. The molecule has 0 radical (unpaired) electrons. The minimum atomic E-state index is -0.715. The van der Waals surface area contributed by atoms with Crippen molar-refractivity contribution in [3.8, 4) is 0 Å². The van der Waals surface area contributed by atoms with Crippen LogP contribution in [0.2, 0.25) is 0 Å². The number of H-pyrrole nitrogens is 1. The summed E-state index contributed by atoms with van der Waals surface area (Å²) in [6.07, 6.45) is 5.39. The summed E-state index contributed by atoms with van der Waals surface area (Å²) < 4.78 is 5.84. The van der Waals surface area contributed by atoms with Gasteiger partial charge in [0.05, 0.1) is 24.0 Å². The van der Waals surface area contributed by atoms with Crippen LogP contribution in [0, 0.1) is 6.92 Å². The number of morpholine rings is 1. The summed E-state index contributed by atoms with van der Waals surface area (Å²) in [6, 6.07) is 3.52. The van der Waals surface area contributed by atoms with Gasteiger partial charge in [0.2, 0.25) is 5.91 Å². The van der Waals surface area contributed by atoms with E-state index in [0.29, 0.717) is 13.1 Å². The summed E-state index contributed by atoms with van der Waals surface area (Å²) >= 11 is 0. The first-order chi connectivity index (χ1) is 13.6. The highest BCUT2D eigenvalue weighted by Crippen LogP contribution is 2.40. The number of aryl methyl sites for hydroxylation is 1. The number of carbonyl (C=O) groups is 2. The van der Waals surface area contributed by atoms with Crippen LogP contribution in [0.4, 0.5) is 0 Å². The van der Waals surface area contributed by atoms with E-state index in [1.165, 1.54) is 0 Å². The second kappa shape index (κ2) is 6.70. The Labute approximate surface area is 162 Å². The number of carbonyl (C=O) groups excluding carboxylic acids is 2. The van der Waals surface area contributed by atoms with Gasteiger partial charge in [-0.2, -0.15) is 0 Å². The van der Waals surface area contributed by atoms with E-state index in [9.17, 15) is 9.59 Å². The maximum Gasteiger partial charge on any atom is 0.254 e. The molecule has 8 nitrogen and oxygen atoms in total. The number of pyridine rings is 1. The van der Waals surface area contributed by atoms with E-state index in [-0.39, 0.29) is 24.5 Å². The molecule has 2 aromatic heterocycles. The first kappa shape index (κ1) is 17.4. The topological polar surface area (TPSA) is 91.4 Å². The molecular formula is C20H23N5O3. The van der Waals surface area contributed by atoms with Crippen molar-refractivity contribution in [1.82, 2.24) is 24.8 Å². The quantitative estimate of drug-likeness (QED) is 0.861. The van der Waals surface area contributed by atoms with Crippen molar-refractivity contribution in [3.05, 3.63) is 47.3 Å². The number of ether oxygens (including phenoxy) is 1. The number of nitrogens with one attached hydrogen (secondary N) is 1. The van der Waals surface area contributed by atoms with Gasteiger partial charge in [0, 0.05) is 31.4 Å². The van der Waals surface area contributed by atoms with E-state index in [0.717, 1.165) is 42.0 Å². The summed E-state index contributed by atoms with van der Waals surface area (Å²) in [4.78, 5) is 41.7. The first-order valence-corrected chi connectivity index (χ1v) is 9.77. The van der Waals surface area contributed by atoms with Crippen LogP contribution in [0.25, 0.3) is 0 Å². The smallest absolute Gasteiger partial charge is 0.254 e. The normalized spacial score (nSPS) is 25.0. The molecule has 5 rings (SSSR count). The molecule has 1 saturated carbocycles. The average molecular weight is 381 g/mol. The number of nitrogens with zero attached hydrogens (tertiary/aromatic N) is 4. The summed E-state index contributed by atoms with van der Waals surface area (Å²) in [5.74, 6) is 0.738. The minimum Gasteiger partial charge on any atom is -0.356 e. The monoisotopic (exact) mass is 381 g/mol. The predicted molar refractivity (Wildman–Crippen MR) is 99.0 cm³/mol. The predicted octanol–water partition coefficient (Wildman–Crippen LogP) is 1.13. The highest BCUT2D eigenvalue weighted by Gasteiger charge is 2.48. The number of hydrogen-bond acceptors (Lipinski definition) is 5. The fraction of sp³-hybridized carbons (Fsp3) is 0.500. The van der Waals surface area contributed by atoms with Gasteiger partial charge in [-0.15, -0.1) is 0 Å². The third-order valence-corrected chi connectivity index (χ3v) is 5.73. The Balaban J connectivity index is 1.45. The Morgan fingerprint density at radius 3 is 2.96 bits per heavy atom. The van der Waals surface area contributed by atoms with Crippen molar-refractivity contribution in [1.29, 1.82) is 0 Å². The Morgan fingerprint density at radius 1 is 1.36 bits per heavy atom. The molecule has 1 N–H and O–H groups in total.